The highest BCUT2D eigenvalue weighted by Crippen LogP contribution is 2.21. The molecule has 2 aromatic rings. The second-order valence-electron chi connectivity index (χ2n) is 6.23. The standard InChI is InChI=1S/C19H21FN2O2S/c20-14-4-1-6-16(12-14)22-10-2-5-15(13-22)21-19(24)9-8-17(23)18-7-3-11-25-18/h1,3-4,6-7,11-12,15H,2,5,8-10,13H2,(H,21,24). The number of piperidine rings is 1. The van der Waals surface area contributed by atoms with E-state index in [0.29, 0.717) is 11.4 Å². The van der Waals surface area contributed by atoms with Gasteiger partial charge in [0, 0.05) is 37.7 Å². The lowest BCUT2D eigenvalue weighted by Gasteiger charge is -2.34. The average Bonchev–Trinajstić information content (AvgIpc) is 3.15. The summed E-state index contributed by atoms with van der Waals surface area (Å²) in [5.41, 5.74) is 0.840. The highest BCUT2D eigenvalue weighted by molar-refractivity contribution is 7.12. The fourth-order valence-electron chi connectivity index (χ4n) is 3.09. The summed E-state index contributed by atoms with van der Waals surface area (Å²) in [7, 11) is 0. The van der Waals surface area contributed by atoms with E-state index in [2.05, 4.69) is 10.2 Å². The minimum Gasteiger partial charge on any atom is -0.369 e. The highest BCUT2D eigenvalue weighted by atomic mass is 32.1. The van der Waals surface area contributed by atoms with Crippen LogP contribution in [0.25, 0.3) is 0 Å². The van der Waals surface area contributed by atoms with Gasteiger partial charge in [-0.3, -0.25) is 9.59 Å². The Bertz CT molecular complexity index is 733. The molecule has 0 spiro atoms. The molecule has 1 atom stereocenters. The summed E-state index contributed by atoms with van der Waals surface area (Å²) in [4.78, 5) is 26.9. The number of hydrogen-bond donors (Lipinski definition) is 1. The van der Waals surface area contributed by atoms with Crippen LogP contribution in [0.15, 0.2) is 41.8 Å². The minimum absolute atomic E-state index is 0.00943. The van der Waals surface area contributed by atoms with Crippen LogP contribution >= 0.6 is 11.3 Å². The van der Waals surface area contributed by atoms with Crippen molar-refractivity contribution in [2.75, 3.05) is 18.0 Å². The second-order valence-corrected chi connectivity index (χ2v) is 7.18. The van der Waals surface area contributed by atoms with Crippen LogP contribution in [0.4, 0.5) is 10.1 Å². The van der Waals surface area contributed by atoms with Crippen molar-refractivity contribution < 1.29 is 14.0 Å². The van der Waals surface area contributed by atoms with Crippen LogP contribution in [0.5, 0.6) is 0 Å². The van der Waals surface area contributed by atoms with Crippen molar-refractivity contribution >= 4 is 28.7 Å². The van der Waals surface area contributed by atoms with Crippen molar-refractivity contribution in [1.82, 2.24) is 5.32 Å². The van der Waals surface area contributed by atoms with Crippen LogP contribution in [-0.4, -0.2) is 30.8 Å². The number of thiophene rings is 1. The molecule has 6 heteroatoms. The van der Waals surface area contributed by atoms with Crippen LogP contribution in [0.1, 0.15) is 35.4 Å². The van der Waals surface area contributed by atoms with E-state index in [1.54, 1.807) is 12.1 Å². The zero-order valence-corrected chi connectivity index (χ0v) is 14.7. The van der Waals surface area contributed by atoms with Crippen molar-refractivity contribution in [3.8, 4) is 0 Å². The number of Topliss-reactive ketones (excluding diaryl/α,β-unsaturated/α-hetero) is 1. The largest absolute Gasteiger partial charge is 0.369 e. The van der Waals surface area contributed by atoms with Crippen molar-refractivity contribution in [3.63, 3.8) is 0 Å². The molecule has 0 radical (unpaired) electrons. The third-order valence-electron chi connectivity index (χ3n) is 4.33. The maximum absolute atomic E-state index is 13.4. The van der Waals surface area contributed by atoms with Crippen molar-refractivity contribution in [2.24, 2.45) is 0 Å². The predicted molar refractivity (Wildman–Crippen MR) is 97.7 cm³/mol. The molecule has 1 aliphatic rings. The van der Waals surface area contributed by atoms with Gasteiger partial charge in [0.15, 0.2) is 5.78 Å². The van der Waals surface area contributed by atoms with E-state index in [1.807, 2.05) is 17.5 Å². The van der Waals surface area contributed by atoms with Crippen molar-refractivity contribution in [2.45, 2.75) is 31.7 Å². The number of ketones is 1. The molecule has 3 rings (SSSR count). The molecule has 4 nitrogen and oxygen atoms in total. The van der Waals surface area contributed by atoms with Gasteiger partial charge in [0.1, 0.15) is 5.82 Å². The molecule has 1 fully saturated rings. The number of carbonyl (C=O) groups is 2. The molecule has 25 heavy (non-hydrogen) atoms. The van der Waals surface area contributed by atoms with Crippen LogP contribution in [0.2, 0.25) is 0 Å². The fraction of sp³-hybridized carbons (Fsp3) is 0.368. The van der Waals surface area contributed by atoms with Crippen LogP contribution in [-0.2, 0) is 4.79 Å². The lowest BCUT2D eigenvalue weighted by molar-refractivity contribution is -0.121. The Kier molecular flexibility index (Phi) is 5.81. The quantitative estimate of drug-likeness (QED) is 0.800. The van der Waals surface area contributed by atoms with E-state index >= 15 is 0 Å². The molecule has 1 amide bonds. The van der Waals surface area contributed by atoms with Gasteiger partial charge in [-0.25, -0.2) is 4.39 Å². The summed E-state index contributed by atoms with van der Waals surface area (Å²) in [6.45, 7) is 1.51. The summed E-state index contributed by atoms with van der Waals surface area (Å²) >= 11 is 1.40. The molecule has 1 aromatic heterocycles. The Hall–Kier alpha value is -2.21. The first-order valence-electron chi connectivity index (χ1n) is 8.48. The lowest BCUT2D eigenvalue weighted by atomic mass is 10.0. The summed E-state index contributed by atoms with van der Waals surface area (Å²) in [5.74, 6) is -0.345. The second kappa shape index (κ2) is 8.25. The summed E-state index contributed by atoms with van der Waals surface area (Å²) < 4.78 is 13.4. The Morgan fingerprint density at radius 2 is 2.12 bits per heavy atom. The first kappa shape index (κ1) is 17.6. The third kappa shape index (κ3) is 4.89. The van der Waals surface area contributed by atoms with E-state index in [9.17, 15) is 14.0 Å². The van der Waals surface area contributed by atoms with E-state index in [4.69, 9.17) is 0 Å². The van der Waals surface area contributed by atoms with E-state index in [-0.39, 0.29) is 36.4 Å². The number of carbonyl (C=O) groups excluding carboxylic acids is 2. The Balaban J connectivity index is 1.48. The maximum Gasteiger partial charge on any atom is 0.220 e. The van der Waals surface area contributed by atoms with Crippen LogP contribution in [0.3, 0.4) is 0 Å². The third-order valence-corrected chi connectivity index (χ3v) is 5.25. The van der Waals surface area contributed by atoms with Gasteiger partial charge in [0.2, 0.25) is 5.91 Å². The van der Waals surface area contributed by atoms with E-state index in [0.717, 1.165) is 25.1 Å². The molecule has 0 aliphatic carbocycles. The number of amides is 1. The molecule has 1 unspecified atom stereocenters. The smallest absolute Gasteiger partial charge is 0.220 e. The zero-order valence-electron chi connectivity index (χ0n) is 13.9. The molecule has 1 saturated heterocycles. The van der Waals surface area contributed by atoms with Crippen molar-refractivity contribution in [3.05, 3.63) is 52.5 Å². The van der Waals surface area contributed by atoms with Crippen molar-refractivity contribution in [1.29, 1.82) is 0 Å². The van der Waals surface area contributed by atoms with Gasteiger partial charge in [-0.2, -0.15) is 0 Å². The Morgan fingerprint density at radius 1 is 1.24 bits per heavy atom. The predicted octanol–water partition coefficient (Wildman–Crippen LogP) is 3.64. The summed E-state index contributed by atoms with van der Waals surface area (Å²) in [5, 5.41) is 4.87. The van der Waals surface area contributed by atoms with Gasteiger partial charge in [-0.05, 0) is 42.5 Å². The first-order chi connectivity index (χ1) is 12.1. The normalized spacial score (nSPS) is 17.3. The molecule has 1 aliphatic heterocycles. The Labute approximate surface area is 150 Å². The Morgan fingerprint density at radius 3 is 2.88 bits per heavy atom. The number of halogens is 1. The maximum atomic E-state index is 13.4. The number of anilines is 1. The highest BCUT2D eigenvalue weighted by Gasteiger charge is 2.22. The number of benzene rings is 1. The minimum atomic E-state index is -0.254. The van der Waals surface area contributed by atoms with Gasteiger partial charge in [-0.1, -0.05) is 12.1 Å². The SMILES string of the molecule is O=C(CCC(=O)c1cccs1)NC1CCCN(c2cccc(F)c2)C1. The molecule has 2 heterocycles. The van der Waals surface area contributed by atoms with Crippen LogP contribution in [0, 0.1) is 5.82 Å². The van der Waals surface area contributed by atoms with Gasteiger partial charge in [-0.15, -0.1) is 11.3 Å². The number of hydrogen-bond acceptors (Lipinski definition) is 4. The van der Waals surface area contributed by atoms with E-state index in [1.165, 1.54) is 23.5 Å². The molecule has 1 aromatic carbocycles. The summed E-state index contributed by atoms with van der Waals surface area (Å²) in [6, 6.07) is 10.2. The molecule has 0 saturated carbocycles. The summed E-state index contributed by atoms with van der Waals surface area (Å²) in [6.07, 6.45) is 2.27. The number of rotatable bonds is 6. The first-order valence-corrected chi connectivity index (χ1v) is 9.36. The lowest BCUT2D eigenvalue weighted by Crippen LogP contribution is -2.47. The number of nitrogens with one attached hydrogen (secondary N) is 1. The van der Waals surface area contributed by atoms with Gasteiger partial charge in [0.05, 0.1) is 4.88 Å². The molecule has 1 N–H and O–H groups in total. The zero-order chi connectivity index (χ0) is 17.6. The topological polar surface area (TPSA) is 49.4 Å². The van der Waals surface area contributed by atoms with Gasteiger partial charge < -0.3 is 10.2 Å². The fourth-order valence-corrected chi connectivity index (χ4v) is 3.78. The van der Waals surface area contributed by atoms with Gasteiger partial charge in [0.25, 0.3) is 0 Å². The monoisotopic (exact) mass is 360 g/mol. The van der Waals surface area contributed by atoms with Gasteiger partial charge >= 0.3 is 0 Å². The molecule has 0 bridgehead atoms. The van der Waals surface area contributed by atoms with E-state index < -0.39 is 0 Å². The average molecular weight is 360 g/mol. The van der Waals surface area contributed by atoms with Crippen LogP contribution < -0.4 is 10.2 Å². The molecule has 132 valence electrons. The number of nitrogens with zero attached hydrogens (tertiary/aromatic N) is 1. The molecular weight excluding hydrogens is 339 g/mol. The molecular formula is C19H21FN2O2S.